The number of imidazole rings is 1. The maximum atomic E-state index is 12.4. The van der Waals surface area contributed by atoms with Crippen LogP contribution in [0.2, 0.25) is 5.28 Å². The second-order valence-electron chi connectivity index (χ2n) is 5.93. The van der Waals surface area contributed by atoms with Crippen LogP contribution in [0.5, 0.6) is 0 Å². The molecule has 9 heteroatoms. The third kappa shape index (κ3) is 3.28. The van der Waals surface area contributed by atoms with Crippen LogP contribution in [0.15, 0.2) is 39.9 Å². The van der Waals surface area contributed by atoms with Crippen molar-refractivity contribution < 1.29 is 4.79 Å². The predicted octanol–water partition coefficient (Wildman–Crippen LogP) is 0.446. The molecular formula is C17H18ClN5O3. The number of fused-ring (bicyclic) bond motifs is 1. The fraction of sp³-hybridized carbons (Fsp3) is 0.294. The van der Waals surface area contributed by atoms with E-state index in [1.54, 1.807) is 0 Å². The smallest absolute Gasteiger partial charge is 0.332 e. The van der Waals surface area contributed by atoms with Gasteiger partial charge in [-0.05, 0) is 23.6 Å². The monoisotopic (exact) mass is 375 g/mol. The van der Waals surface area contributed by atoms with Crippen LogP contribution in [0.25, 0.3) is 11.2 Å². The Morgan fingerprint density at radius 2 is 1.85 bits per heavy atom. The van der Waals surface area contributed by atoms with Crippen LogP contribution in [0.1, 0.15) is 5.56 Å². The van der Waals surface area contributed by atoms with Crippen molar-refractivity contribution in [3.8, 4) is 0 Å². The Bertz CT molecular complexity index is 1080. The number of halogens is 1. The number of nitrogens with one attached hydrogen (secondary N) is 1. The standard InChI is InChI=1S/C17H18ClN5O3/c1-21-14-13(15(25)22(2)17(21)26)23(16(18)20-14)10-12(24)19-9-8-11-6-4-3-5-7-11/h3-7H,8-10H2,1-2H3,(H,19,24). The highest BCUT2D eigenvalue weighted by Gasteiger charge is 2.19. The van der Waals surface area contributed by atoms with Gasteiger partial charge in [0.25, 0.3) is 5.56 Å². The summed E-state index contributed by atoms with van der Waals surface area (Å²) in [6, 6.07) is 9.78. The van der Waals surface area contributed by atoms with Crippen molar-refractivity contribution in [2.45, 2.75) is 13.0 Å². The molecule has 0 bridgehead atoms. The summed E-state index contributed by atoms with van der Waals surface area (Å²) in [5, 5.41) is 2.78. The van der Waals surface area contributed by atoms with Crippen molar-refractivity contribution in [1.82, 2.24) is 24.0 Å². The van der Waals surface area contributed by atoms with Gasteiger partial charge in [0.05, 0.1) is 0 Å². The van der Waals surface area contributed by atoms with Crippen LogP contribution in [0.4, 0.5) is 0 Å². The lowest BCUT2D eigenvalue weighted by molar-refractivity contribution is -0.121. The molecule has 1 aromatic carbocycles. The summed E-state index contributed by atoms with van der Waals surface area (Å²) in [6.45, 7) is 0.307. The average molecular weight is 376 g/mol. The van der Waals surface area contributed by atoms with E-state index in [4.69, 9.17) is 11.6 Å². The Labute approximate surface area is 153 Å². The molecule has 0 saturated carbocycles. The van der Waals surface area contributed by atoms with Gasteiger partial charge < -0.3 is 5.32 Å². The molecule has 0 aliphatic heterocycles. The molecule has 0 atom stereocenters. The highest BCUT2D eigenvalue weighted by molar-refractivity contribution is 6.29. The van der Waals surface area contributed by atoms with Crippen LogP contribution in [0.3, 0.4) is 0 Å². The molecule has 0 unspecified atom stereocenters. The van der Waals surface area contributed by atoms with Gasteiger partial charge in [-0.1, -0.05) is 30.3 Å². The van der Waals surface area contributed by atoms with Crippen molar-refractivity contribution in [3.05, 3.63) is 62.0 Å². The number of carbonyl (C=O) groups is 1. The molecule has 0 radical (unpaired) electrons. The van der Waals surface area contributed by atoms with E-state index in [0.29, 0.717) is 13.0 Å². The third-order valence-corrected chi connectivity index (χ3v) is 4.47. The number of hydrogen-bond acceptors (Lipinski definition) is 4. The number of hydrogen-bond donors (Lipinski definition) is 1. The number of rotatable bonds is 5. The molecule has 0 fully saturated rings. The quantitative estimate of drug-likeness (QED) is 0.655. The average Bonchev–Trinajstić information content (AvgIpc) is 2.95. The highest BCUT2D eigenvalue weighted by atomic mass is 35.5. The maximum Gasteiger partial charge on any atom is 0.332 e. The van der Waals surface area contributed by atoms with E-state index >= 15 is 0 Å². The second-order valence-corrected chi connectivity index (χ2v) is 6.27. The first-order chi connectivity index (χ1) is 12.4. The van der Waals surface area contributed by atoms with E-state index in [1.165, 1.54) is 23.2 Å². The van der Waals surface area contributed by atoms with Gasteiger partial charge in [-0.3, -0.25) is 23.3 Å². The molecule has 0 spiro atoms. The van der Waals surface area contributed by atoms with Crippen LogP contribution in [0, 0.1) is 0 Å². The maximum absolute atomic E-state index is 12.4. The molecule has 8 nitrogen and oxygen atoms in total. The normalized spacial score (nSPS) is 11.0. The zero-order chi connectivity index (χ0) is 18.8. The van der Waals surface area contributed by atoms with Crippen molar-refractivity contribution in [1.29, 1.82) is 0 Å². The molecular weight excluding hydrogens is 358 g/mol. The molecule has 1 N–H and O–H groups in total. The van der Waals surface area contributed by atoms with Gasteiger partial charge in [0.1, 0.15) is 6.54 Å². The number of benzene rings is 1. The Morgan fingerprint density at radius 3 is 2.54 bits per heavy atom. The predicted molar refractivity (Wildman–Crippen MR) is 98.4 cm³/mol. The van der Waals surface area contributed by atoms with Crippen LogP contribution < -0.4 is 16.6 Å². The van der Waals surface area contributed by atoms with Crippen molar-refractivity contribution in [2.24, 2.45) is 14.1 Å². The second kappa shape index (κ2) is 7.17. The van der Waals surface area contributed by atoms with E-state index in [2.05, 4.69) is 10.3 Å². The topological polar surface area (TPSA) is 90.9 Å². The summed E-state index contributed by atoms with van der Waals surface area (Å²) in [4.78, 5) is 40.7. The van der Waals surface area contributed by atoms with Gasteiger partial charge in [-0.25, -0.2) is 4.79 Å². The summed E-state index contributed by atoms with van der Waals surface area (Å²) in [7, 11) is 2.87. The van der Waals surface area contributed by atoms with Crippen molar-refractivity contribution in [3.63, 3.8) is 0 Å². The Hall–Kier alpha value is -2.87. The van der Waals surface area contributed by atoms with Crippen LogP contribution >= 0.6 is 11.6 Å². The molecule has 3 rings (SSSR count). The van der Waals surface area contributed by atoms with E-state index in [1.807, 2.05) is 30.3 Å². The molecule has 2 heterocycles. The van der Waals surface area contributed by atoms with Gasteiger partial charge in [-0.15, -0.1) is 0 Å². The number of amides is 1. The summed E-state index contributed by atoms with van der Waals surface area (Å²) in [5.41, 5.74) is 0.344. The minimum atomic E-state index is -0.542. The molecule has 1 amide bonds. The van der Waals surface area contributed by atoms with Crippen LogP contribution in [-0.2, 0) is 31.9 Å². The number of carbonyl (C=O) groups excluding carboxylic acids is 1. The van der Waals surface area contributed by atoms with E-state index in [-0.39, 0.29) is 28.9 Å². The first-order valence-electron chi connectivity index (χ1n) is 8.02. The molecule has 26 heavy (non-hydrogen) atoms. The van der Waals surface area contributed by atoms with Gasteiger partial charge >= 0.3 is 5.69 Å². The molecule has 0 saturated heterocycles. The molecule has 136 valence electrons. The lowest BCUT2D eigenvalue weighted by atomic mass is 10.1. The lowest BCUT2D eigenvalue weighted by Gasteiger charge is -2.08. The Kier molecular flexibility index (Phi) is 4.94. The van der Waals surface area contributed by atoms with Crippen molar-refractivity contribution >= 4 is 28.7 Å². The fourth-order valence-electron chi connectivity index (χ4n) is 2.75. The van der Waals surface area contributed by atoms with Gasteiger partial charge in [-0.2, -0.15) is 4.98 Å². The summed E-state index contributed by atoms with van der Waals surface area (Å²) in [5.74, 6) is -0.293. The summed E-state index contributed by atoms with van der Waals surface area (Å²) >= 11 is 6.10. The number of aromatic nitrogens is 4. The molecule has 2 aromatic heterocycles. The van der Waals surface area contributed by atoms with E-state index in [9.17, 15) is 14.4 Å². The van der Waals surface area contributed by atoms with Gasteiger partial charge in [0, 0.05) is 20.6 Å². The minimum absolute atomic E-state index is 0.0171. The zero-order valence-corrected chi connectivity index (χ0v) is 15.2. The lowest BCUT2D eigenvalue weighted by Crippen LogP contribution is -2.38. The molecule has 0 aliphatic rings. The van der Waals surface area contributed by atoms with Gasteiger partial charge in [0.15, 0.2) is 11.2 Å². The highest BCUT2D eigenvalue weighted by Crippen LogP contribution is 2.15. The SMILES string of the molecule is Cn1c(=O)c2c(nc(Cl)n2CC(=O)NCCc2ccccc2)n(C)c1=O. The van der Waals surface area contributed by atoms with Crippen LogP contribution in [-0.4, -0.2) is 31.1 Å². The molecule has 0 aliphatic carbocycles. The molecule has 3 aromatic rings. The summed E-state index contributed by atoms with van der Waals surface area (Å²) in [6.07, 6.45) is 0.696. The largest absolute Gasteiger partial charge is 0.354 e. The van der Waals surface area contributed by atoms with E-state index < -0.39 is 11.2 Å². The first-order valence-corrected chi connectivity index (χ1v) is 8.40. The first kappa shape index (κ1) is 17.9. The van der Waals surface area contributed by atoms with Crippen molar-refractivity contribution in [2.75, 3.05) is 6.54 Å². The third-order valence-electron chi connectivity index (χ3n) is 4.18. The Morgan fingerprint density at radius 1 is 1.15 bits per heavy atom. The number of aryl methyl sites for hydroxylation is 1. The Balaban J connectivity index is 1.80. The fourth-order valence-corrected chi connectivity index (χ4v) is 2.98. The van der Waals surface area contributed by atoms with E-state index in [0.717, 1.165) is 10.1 Å². The van der Waals surface area contributed by atoms with Gasteiger partial charge in [0.2, 0.25) is 11.2 Å². The zero-order valence-electron chi connectivity index (χ0n) is 14.4. The minimum Gasteiger partial charge on any atom is -0.354 e. The number of nitrogens with zero attached hydrogens (tertiary/aromatic N) is 4. The summed E-state index contributed by atoms with van der Waals surface area (Å²) < 4.78 is 3.51.